The Hall–Kier alpha value is -2.60. The van der Waals surface area contributed by atoms with Gasteiger partial charge in [-0.05, 0) is 32.1 Å². The van der Waals surface area contributed by atoms with Crippen molar-refractivity contribution in [3.05, 3.63) is 52.8 Å². The molecule has 1 aromatic carbocycles. The second-order valence-electron chi connectivity index (χ2n) is 6.15. The fourth-order valence-electron chi connectivity index (χ4n) is 3.09. The molecule has 2 aromatic rings. The van der Waals surface area contributed by atoms with Crippen LogP contribution in [-0.4, -0.2) is 53.2 Å². The number of para-hydroxylation sites is 1. The number of likely N-dealkylation sites (N-methyl/N-ethyl adjacent to an activating group) is 1. The van der Waals surface area contributed by atoms with Gasteiger partial charge in [0.2, 0.25) is 0 Å². The number of aromatic amines is 1. The van der Waals surface area contributed by atoms with E-state index < -0.39 is 11.5 Å². The molecule has 0 aliphatic rings. The lowest BCUT2D eigenvalue weighted by Gasteiger charge is -2.35. The van der Waals surface area contributed by atoms with Crippen molar-refractivity contribution >= 4 is 16.8 Å². The molecule has 0 spiro atoms. The van der Waals surface area contributed by atoms with Gasteiger partial charge in [-0.3, -0.25) is 9.59 Å². The molecular formula is C19H26N3O3+. The smallest absolute Gasteiger partial charge is 0.265 e. The second-order valence-corrected chi connectivity index (χ2v) is 6.15. The Bertz CT molecular complexity index is 822. The van der Waals surface area contributed by atoms with Gasteiger partial charge in [0.1, 0.15) is 11.3 Å². The number of quaternary nitrogens is 1. The van der Waals surface area contributed by atoms with E-state index in [0.717, 1.165) is 30.7 Å². The average Bonchev–Trinajstić information content (AvgIpc) is 2.61. The number of hydrogen-bond acceptors (Lipinski definition) is 3. The minimum absolute atomic E-state index is 0.242. The Labute approximate surface area is 147 Å². The van der Waals surface area contributed by atoms with E-state index in [1.165, 1.54) is 0 Å². The van der Waals surface area contributed by atoms with E-state index in [2.05, 4.69) is 30.7 Å². The topological polar surface area (TPSA) is 82.2 Å². The molecule has 2 rings (SSSR count). The van der Waals surface area contributed by atoms with Gasteiger partial charge in [-0.15, -0.1) is 0 Å². The summed E-state index contributed by atoms with van der Waals surface area (Å²) in [7, 11) is 0. The molecule has 0 unspecified atom stereocenters. The Morgan fingerprint density at radius 2 is 2.00 bits per heavy atom. The summed E-state index contributed by atoms with van der Waals surface area (Å²) in [6, 6.07) is 6.84. The van der Waals surface area contributed by atoms with Gasteiger partial charge in [-0.2, -0.15) is 0 Å². The van der Waals surface area contributed by atoms with Crippen LogP contribution in [0.5, 0.6) is 5.75 Å². The summed E-state index contributed by atoms with van der Waals surface area (Å²) in [6.07, 6.45) is 1.88. The summed E-state index contributed by atoms with van der Waals surface area (Å²) >= 11 is 0. The molecule has 0 aliphatic carbocycles. The Morgan fingerprint density at radius 1 is 1.32 bits per heavy atom. The van der Waals surface area contributed by atoms with Crippen molar-refractivity contribution in [2.24, 2.45) is 0 Å². The molecule has 0 saturated carbocycles. The summed E-state index contributed by atoms with van der Waals surface area (Å²) in [5.41, 5.74) is -0.333. The van der Waals surface area contributed by atoms with Gasteiger partial charge < -0.3 is 19.9 Å². The largest absolute Gasteiger partial charge is 0.506 e. The zero-order valence-corrected chi connectivity index (χ0v) is 14.8. The van der Waals surface area contributed by atoms with Gasteiger partial charge in [0, 0.05) is 5.39 Å². The van der Waals surface area contributed by atoms with E-state index in [1.54, 1.807) is 24.3 Å². The summed E-state index contributed by atoms with van der Waals surface area (Å²) in [4.78, 5) is 27.2. The van der Waals surface area contributed by atoms with Crippen molar-refractivity contribution in [3.8, 4) is 5.75 Å². The number of nitrogens with one attached hydrogen (secondary N) is 2. The highest BCUT2D eigenvalue weighted by Crippen LogP contribution is 2.24. The van der Waals surface area contributed by atoms with Crippen LogP contribution in [0.4, 0.5) is 0 Å². The Balaban J connectivity index is 2.18. The van der Waals surface area contributed by atoms with E-state index in [-0.39, 0.29) is 11.3 Å². The lowest BCUT2D eigenvalue weighted by Crippen LogP contribution is -2.51. The van der Waals surface area contributed by atoms with Gasteiger partial charge in [0.05, 0.1) is 38.2 Å². The number of carbonyl (C=O) groups is 1. The zero-order chi connectivity index (χ0) is 18.4. The standard InChI is InChI=1S/C19H25N3O3/c1-4-12-22(5-2,6-3)13-11-20-18(24)16-17(23)14-9-7-8-10-15(14)21-19(16)25/h4,7-10H,1,5-6,11-13H2,2-3H3,(H2-,20,21,23,24,25)/p+1. The molecule has 0 bridgehead atoms. The van der Waals surface area contributed by atoms with Gasteiger partial charge in [-0.25, -0.2) is 0 Å². The third-order valence-electron chi connectivity index (χ3n) is 4.85. The average molecular weight is 344 g/mol. The third-order valence-corrected chi connectivity index (χ3v) is 4.85. The first-order valence-corrected chi connectivity index (χ1v) is 8.56. The van der Waals surface area contributed by atoms with Crippen LogP contribution in [0.15, 0.2) is 41.7 Å². The maximum Gasteiger partial charge on any atom is 0.265 e. The van der Waals surface area contributed by atoms with Gasteiger partial charge >= 0.3 is 0 Å². The fraction of sp³-hybridized carbons (Fsp3) is 0.368. The predicted molar refractivity (Wildman–Crippen MR) is 99.8 cm³/mol. The lowest BCUT2D eigenvalue weighted by atomic mass is 10.1. The number of nitrogens with zero attached hydrogens (tertiary/aromatic N) is 1. The van der Waals surface area contributed by atoms with Crippen LogP contribution < -0.4 is 10.9 Å². The number of amides is 1. The first kappa shape index (κ1) is 18.7. The molecule has 0 fully saturated rings. The number of fused-ring (bicyclic) bond motifs is 1. The van der Waals surface area contributed by atoms with E-state index >= 15 is 0 Å². The highest BCUT2D eigenvalue weighted by atomic mass is 16.3. The van der Waals surface area contributed by atoms with Gasteiger partial charge in [0.25, 0.3) is 11.5 Å². The summed E-state index contributed by atoms with van der Waals surface area (Å²) < 4.78 is 0.809. The number of H-pyrrole nitrogens is 1. The van der Waals surface area contributed by atoms with Crippen LogP contribution in [-0.2, 0) is 0 Å². The third kappa shape index (κ3) is 3.91. The fourth-order valence-corrected chi connectivity index (χ4v) is 3.09. The maximum absolute atomic E-state index is 12.4. The second kappa shape index (κ2) is 7.98. The normalized spacial score (nSPS) is 11.4. The number of aromatic hydroxyl groups is 1. The molecule has 1 amide bonds. The Kier molecular flexibility index (Phi) is 5.98. The van der Waals surface area contributed by atoms with Crippen molar-refractivity contribution < 1.29 is 14.4 Å². The van der Waals surface area contributed by atoms with Gasteiger partial charge in [-0.1, -0.05) is 18.7 Å². The monoisotopic (exact) mass is 344 g/mol. The van der Waals surface area contributed by atoms with E-state index in [9.17, 15) is 14.7 Å². The van der Waals surface area contributed by atoms with Gasteiger partial charge in [0.15, 0.2) is 0 Å². The molecule has 3 N–H and O–H groups in total. The summed E-state index contributed by atoms with van der Waals surface area (Å²) in [5.74, 6) is -0.844. The molecule has 0 saturated heterocycles. The molecule has 6 heteroatoms. The van der Waals surface area contributed by atoms with E-state index in [1.807, 2.05) is 6.08 Å². The summed E-state index contributed by atoms with van der Waals surface area (Å²) in [6.45, 7) is 11.9. The summed E-state index contributed by atoms with van der Waals surface area (Å²) in [5, 5.41) is 13.5. The maximum atomic E-state index is 12.4. The molecule has 1 aromatic heterocycles. The van der Waals surface area contributed by atoms with Crippen LogP contribution >= 0.6 is 0 Å². The zero-order valence-electron chi connectivity index (χ0n) is 14.8. The van der Waals surface area contributed by atoms with Crippen LogP contribution in [0.25, 0.3) is 10.9 Å². The first-order valence-electron chi connectivity index (χ1n) is 8.56. The minimum atomic E-state index is -0.591. The van der Waals surface area contributed by atoms with Crippen molar-refractivity contribution in [3.63, 3.8) is 0 Å². The van der Waals surface area contributed by atoms with Crippen LogP contribution in [0.2, 0.25) is 0 Å². The highest BCUT2D eigenvalue weighted by molar-refractivity contribution is 6.01. The number of aromatic nitrogens is 1. The van der Waals surface area contributed by atoms with Crippen LogP contribution in [0.3, 0.4) is 0 Å². The molecule has 6 nitrogen and oxygen atoms in total. The molecule has 25 heavy (non-hydrogen) atoms. The van der Waals surface area contributed by atoms with Crippen molar-refractivity contribution in [2.75, 3.05) is 32.7 Å². The van der Waals surface area contributed by atoms with Crippen LogP contribution in [0, 0.1) is 0 Å². The van der Waals surface area contributed by atoms with E-state index in [0.29, 0.717) is 17.4 Å². The number of pyridine rings is 1. The van der Waals surface area contributed by atoms with Crippen LogP contribution in [0.1, 0.15) is 24.2 Å². The van der Waals surface area contributed by atoms with Crippen molar-refractivity contribution in [1.82, 2.24) is 10.3 Å². The van der Waals surface area contributed by atoms with Crippen molar-refractivity contribution in [1.29, 1.82) is 0 Å². The highest BCUT2D eigenvalue weighted by Gasteiger charge is 2.23. The molecule has 1 heterocycles. The number of hydrogen-bond donors (Lipinski definition) is 3. The predicted octanol–water partition coefficient (Wildman–Crippen LogP) is 2.01. The first-order chi connectivity index (χ1) is 12.0. The molecule has 0 atom stereocenters. The number of rotatable bonds is 8. The molecule has 0 aliphatic heterocycles. The Morgan fingerprint density at radius 3 is 2.64 bits per heavy atom. The SMILES string of the molecule is C=CC[N+](CC)(CC)CCNC(=O)c1c(O)c2ccccc2[nH]c1=O. The quantitative estimate of drug-likeness (QED) is 0.506. The number of carbonyl (C=O) groups excluding carboxylic acids is 1. The lowest BCUT2D eigenvalue weighted by molar-refractivity contribution is -0.918. The molecule has 0 radical (unpaired) electrons. The minimum Gasteiger partial charge on any atom is -0.506 e. The number of benzene rings is 1. The molecule has 134 valence electrons. The van der Waals surface area contributed by atoms with E-state index in [4.69, 9.17) is 0 Å². The molecular weight excluding hydrogens is 318 g/mol. The van der Waals surface area contributed by atoms with Crippen molar-refractivity contribution in [2.45, 2.75) is 13.8 Å².